The van der Waals surface area contributed by atoms with Crippen molar-refractivity contribution in [3.05, 3.63) is 15.0 Å². The van der Waals surface area contributed by atoms with Crippen molar-refractivity contribution in [2.45, 2.75) is 38.7 Å². The first kappa shape index (κ1) is 14.9. The van der Waals surface area contributed by atoms with E-state index in [-0.39, 0.29) is 17.3 Å². The second-order valence-electron chi connectivity index (χ2n) is 5.78. The second-order valence-corrected chi connectivity index (χ2v) is 8.19. The minimum absolute atomic E-state index is 0.166. The Morgan fingerprint density at radius 1 is 1.63 bits per heavy atom. The number of aromatic nitrogens is 1. The standard InChI is InChI=1S/C13H18BrNO3S/c1-12(2)7-13(17,11-15-6-9(14)19-11)5-4-8(12)10(16)18-3/h6,8,17H,4-5,7H2,1-3H3. The summed E-state index contributed by atoms with van der Waals surface area (Å²) in [6.07, 6.45) is 3.38. The highest BCUT2D eigenvalue weighted by molar-refractivity contribution is 9.11. The number of rotatable bonds is 2. The molecular formula is C13H18BrNO3S. The van der Waals surface area contributed by atoms with Crippen molar-refractivity contribution in [1.82, 2.24) is 4.98 Å². The van der Waals surface area contributed by atoms with Crippen LogP contribution < -0.4 is 0 Å². The maximum atomic E-state index is 11.8. The van der Waals surface area contributed by atoms with Crippen molar-refractivity contribution in [3.8, 4) is 0 Å². The van der Waals surface area contributed by atoms with E-state index in [4.69, 9.17) is 4.74 Å². The summed E-state index contributed by atoms with van der Waals surface area (Å²) >= 11 is 4.82. The van der Waals surface area contributed by atoms with Crippen molar-refractivity contribution in [2.24, 2.45) is 11.3 Å². The molecule has 0 aliphatic heterocycles. The molecule has 1 saturated carbocycles. The number of methoxy groups -OCH3 is 1. The largest absolute Gasteiger partial charge is 0.469 e. The Hall–Kier alpha value is -0.460. The van der Waals surface area contributed by atoms with E-state index in [0.29, 0.717) is 19.3 Å². The van der Waals surface area contributed by atoms with Gasteiger partial charge in [-0.2, -0.15) is 0 Å². The van der Waals surface area contributed by atoms with Crippen LogP contribution in [0.1, 0.15) is 38.1 Å². The topological polar surface area (TPSA) is 59.4 Å². The lowest BCUT2D eigenvalue weighted by Crippen LogP contribution is -2.45. The Balaban J connectivity index is 2.24. The molecule has 19 heavy (non-hydrogen) atoms. The fourth-order valence-corrected chi connectivity index (χ4v) is 4.29. The van der Waals surface area contributed by atoms with E-state index in [2.05, 4.69) is 20.9 Å². The van der Waals surface area contributed by atoms with Crippen LogP contribution in [0, 0.1) is 11.3 Å². The predicted octanol–water partition coefficient (Wildman–Crippen LogP) is 3.09. The predicted molar refractivity (Wildman–Crippen MR) is 76.8 cm³/mol. The van der Waals surface area contributed by atoms with Crippen molar-refractivity contribution < 1.29 is 14.6 Å². The number of halogens is 1. The number of carbonyl (C=O) groups is 1. The van der Waals surface area contributed by atoms with Crippen molar-refractivity contribution >= 4 is 33.2 Å². The first-order valence-corrected chi connectivity index (χ1v) is 7.81. The number of hydrogen-bond donors (Lipinski definition) is 1. The highest BCUT2D eigenvalue weighted by Gasteiger charge is 2.49. The molecule has 1 aliphatic rings. The minimum Gasteiger partial charge on any atom is -0.469 e. The quantitative estimate of drug-likeness (QED) is 0.835. The third kappa shape index (κ3) is 2.85. The summed E-state index contributed by atoms with van der Waals surface area (Å²) < 4.78 is 5.77. The van der Waals surface area contributed by atoms with Gasteiger partial charge in [0.05, 0.1) is 23.0 Å². The Labute approximate surface area is 125 Å². The van der Waals surface area contributed by atoms with Crippen LogP contribution in [0.5, 0.6) is 0 Å². The lowest BCUT2D eigenvalue weighted by molar-refractivity contribution is -0.157. The Morgan fingerprint density at radius 2 is 2.32 bits per heavy atom. The van der Waals surface area contributed by atoms with Crippen molar-refractivity contribution in [1.29, 1.82) is 0 Å². The molecule has 1 heterocycles. The van der Waals surface area contributed by atoms with E-state index >= 15 is 0 Å². The van der Waals surface area contributed by atoms with Gasteiger partial charge < -0.3 is 9.84 Å². The van der Waals surface area contributed by atoms with Gasteiger partial charge in [0.15, 0.2) is 0 Å². The van der Waals surface area contributed by atoms with Crippen LogP contribution >= 0.6 is 27.3 Å². The zero-order chi connectivity index (χ0) is 14.3. The summed E-state index contributed by atoms with van der Waals surface area (Å²) in [6, 6.07) is 0. The Bertz CT molecular complexity index is 488. The summed E-state index contributed by atoms with van der Waals surface area (Å²) in [5.74, 6) is -0.353. The normalized spacial score (nSPS) is 30.1. The Morgan fingerprint density at radius 3 is 2.79 bits per heavy atom. The van der Waals surface area contributed by atoms with E-state index in [9.17, 15) is 9.90 Å². The van der Waals surface area contributed by atoms with Gasteiger partial charge in [0.2, 0.25) is 0 Å². The lowest BCUT2D eigenvalue weighted by atomic mass is 9.63. The smallest absolute Gasteiger partial charge is 0.309 e. The summed E-state index contributed by atoms with van der Waals surface area (Å²) in [6.45, 7) is 4.00. The third-order valence-electron chi connectivity index (χ3n) is 3.90. The number of hydrogen-bond acceptors (Lipinski definition) is 5. The molecule has 1 N–H and O–H groups in total. The first-order chi connectivity index (χ1) is 8.78. The number of ether oxygens (including phenoxy) is 1. The highest BCUT2D eigenvalue weighted by Crippen LogP contribution is 2.50. The highest BCUT2D eigenvalue weighted by atomic mass is 79.9. The van der Waals surface area contributed by atoms with E-state index in [1.807, 2.05) is 13.8 Å². The van der Waals surface area contributed by atoms with Gasteiger partial charge >= 0.3 is 5.97 Å². The maximum absolute atomic E-state index is 11.8. The summed E-state index contributed by atoms with van der Waals surface area (Å²) in [4.78, 5) is 16.1. The fourth-order valence-electron chi connectivity index (χ4n) is 2.97. The van der Waals surface area contributed by atoms with Crippen LogP contribution in [0.4, 0.5) is 0 Å². The van der Waals surface area contributed by atoms with E-state index in [1.165, 1.54) is 18.4 Å². The number of nitrogens with zero attached hydrogens (tertiary/aromatic N) is 1. The van der Waals surface area contributed by atoms with Crippen LogP contribution in [-0.2, 0) is 15.1 Å². The molecule has 106 valence electrons. The summed E-state index contributed by atoms with van der Waals surface area (Å²) in [5, 5.41) is 11.6. The van der Waals surface area contributed by atoms with E-state index < -0.39 is 5.60 Å². The molecule has 4 nitrogen and oxygen atoms in total. The molecule has 0 spiro atoms. The van der Waals surface area contributed by atoms with Gasteiger partial charge in [0, 0.05) is 0 Å². The van der Waals surface area contributed by atoms with E-state index in [1.54, 1.807) is 6.20 Å². The van der Waals surface area contributed by atoms with Crippen molar-refractivity contribution in [2.75, 3.05) is 7.11 Å². The molecule has 1 aliphatic carbocycles. The second kappa shape index (κ2) is 5.14. The summed E-state index contributed by atoms with van der Waals surface area (Å²) in [7, 11) is 1.41. The number of esters is 1. The summed E-state index contributed by atoms with van der Waals surface area (Å²) in [5.41, 5.74) is -1.25. The molecule has 0 aromatic carbocycles. The molecule has 1 aromatic heterocycles. The lowest BCUT2D eigenvalue weighted by Gasteiger charge is -2.44. The minimum atomic E-state index is -0.940. The van der Waals surface area contributed by atoms with Crippen LogP contribution in [0.3, 0.4) is 0 Å². The van der Waals surface area contributed by atoms with Gasteiger partial charge in [-0.25, -0.2) is 4.98 Å². The van der Waals surface area contributed by atoms with Crippen LogP contribution in [-0.4, -0.2) is 23.2 Å². The van der Waals surface area contributed by atoms with Gasteiger partial charge in [0.25, 0.3) is 0 Å². The van der Waals surface area contributed by atoms with Crippen LogP contribution in [0.15, 0.2) is 9.98 Å². The fraction of sp³-hybridized carbons (Fsp3) is 0.692. The van der Waals surface area contributed by atoms with Gasteiger partial charge in [-0.05, 0) is 40.6 Å². The van der Waals surface area contributed by atoms with Gasteiger partial charge in [-0.1, -0.05) is 13.8 Å². The molecule has 1 fully saturated rings. The monoisotopic (exact) mass is 347 g/mol. The average molecular weight is 348 g/mol. The molecule has 1 aromatic rings. The zero-order valence-electron chi connectivity index (χ0n) is 11.3. The molecule has 0 radical (unpaired) electrons. The molecular weight excluding hydrogens is 330 g/mol. The molecule has 2 atom stereocenters. The van der Waals surface area contributed by atoms with Crippen molar-refractivity contribution in [3.63, 3.8) is 0 Å². The first-order valence-electron chi connectivity index (χ1n) is 6.20. The van der Waals surface area contributed by atoms with Crippen LogP contribution in [0.2, 0.25) is 0 Å². The van der Waals surface area contributed by atoms with Gasteiger partial charge in [-0.15, -0.1) is 11.3 Å². The van der Waals surface area contributed by atoms with Crippen LogP contribution in [0.25, 0.3) is 0 Å². The maximum Gasteiger partial charge on any atom is 0.309 e. The molecule has 0 amide bonds. The number of carbonyl (C=O) groups excluding carboxylic acids is 1. The molecule has 2 unspecified atom stereocenters. The van der Waals surface area contributed by atoms with Gasteiger partial charge in [0.1, 0.15) is 10.6 Å². The number of thiazole rings is 1. The Kier molecular flexibility index (Phi) is 4.05. The van der Waals surface area contributed by atoms with Gasteiger partial charge in [-0.3, -0.25) is 4.79 Å². The zero-order valence-corrected chi connectivity index (χ0v) is 13.7. The molecule has 2 rings (SSSR count). The third-order valence-corrected chi connectivity index (χ3v) is 5.57. The van der Waals surface area contributed by atoms with E-state index in [0.717, 1.165) is 8.79 Å². The molecule has 0 saturated heterocycles. The molecule has 0 bridgehead atoms. The average Bonchev–Trinajstić information content (AvgIpc) is 2.74. The molecule has 6 heteroatoms. The SMILES string of the molecule is COC(=O)C1CCC(O)(c2ncc(Br)s2)CC1(C)C. The number of aliphatic hydroxyl groups is 1.